The van der Waals surface area contributed by atoms with Crippen LogP contribution in [0.1, 0.15) is 17.3 Å². The fourth-order valence-electron chi connectivity index (χ4n) is 1.50. The minimum Gasteiger partial charge on any atom is -0.462 e. The van der Waals surface area contributed by atoms with Gasteiger partial charge in [0.15, 0.2) is 0 Å². The molecule has 0 spiro atoms. The number of anilines is 1. The fraction of sp³-hybridized carbons (Fsp3) is 0.167. The summed E-state index contributed by atoms with van der Waals surface area (Å²) in [4.78, 5) is 11.6. The highest BCUT2D eigenvalue weighted by atomic mass is 16.5. The smallest absolute Gasteiger partial charge is 0.343 e. The van der Waals surface area contributed by atoms with Crippen molar-refractivity contribution >= 4 is 11.8 Å². The molecule has 6 nitrogen and oxygen atoms in total. The molecule has 6 heteroatoms. The second-order valence-electron chi connectivity index (χ2n) is 3.41. The van der Waals surface area contributed by atoms with Crippen LogP contribution in [0.2, 0.25) is 0 Å². The highest BCUT2D eigenvalue weighted by molar-refractivity contribution is 5.94. The van der Waals surface area contributed by atoms with E-state index < -0.39 is 5.97 Å². The van der Waals surface area contributed by atoms with Crippen LogP contribution in [0.3, 0.4) is 0 Å². The van der Waals surface area contributed by atoms with Crippen LogP contribution in [-0.4, -0.2) is 27.8 Å². The minimum absolute atomic E-state index is 0. The molecule has 2 rings (SSSR count). The molecule has 0 saturated carbocycles. The number of para-hydroxylation sites is 1. The Balaban J connectivity index is 0.00000162. The van der Waals surface area contributed by atoms with Crippen molar-refractivity contribution in [3.8, 4) is 5.69 Å². The van der Waals surface area contributed by atoms with Crippen LogP contribution >= 0.6 is 0 Å². The summed E-state index contributed by atoms with van der Waals surface area (Å²) in [5.41, 5.74) is 6.96. The average Bonchev–Trinajstić information content (AvgIpc) is 2.72. The number of nitrogen functional groups attached to an aromatic ring is 1. The largest absolute Gasteiger partial charge is 0.462 e. The molecule has 0 radical (unpaired) electrons. The highest BCUT2D eigenvalue weighted by Crippen LogP contribution is 2.17. The van der Waals surface area contributed by atoms with E-state index in [4.69, 9.17) is 10.5 Å². The third-order valence-corrected chi connectivity index (χ3v) is 2.30. The molecule has 0 saturated heterocycles. The molecule has 96 valence electrons. The van der Waals surface area contributed by atoms with Gasteiger partial charge >= 0.3 is 5.97 Å². The third kappa shape index (κ3) is 2.49. The van der Waals surface area contributed by atoms with E-state index >= 15 is 0 Å². The van der Waals surface area contributed by atoms with Crippen molar-refractivity contribution in [1.29, 1.82) is 0 Å². The molecule has 1 heterocycles. The molecular weight excluding hydrogens is 234 g/mol. The Bertz CT molecular complexity index is 523. The summed E-state index contributed by atoms with van der Waals surface area (Å²) in [6, 6.07) is 9.37. The van der Waals surface area contributed by atoms with Gasteiger partial charge in [-0.3, -0.25) is 0 Å². The lowest BCUT2D eigenvalue weighted by Crippen LogP contribution is -2.08. The topological polar surface area (TPSA) is 102 Å². The van der Waals surface area contributed by atoms with E-state index in [1.165, 1.54) is 10.9 Å². The van der Waals surface area contributed by atoms with Crippen LogP contribution in [-0.2, 0) is 4.74 Å². The van der Waals surface area contributed by atoms with E-state index in [1.807, 2.05) is 30.3 Å². The van der Waals surface area contributed by atoms with Crippen molar-refractivity contribution in [2.45, 2.75) is 6.92 Å². The van der Waals surface area contributed by atoms with Crippen molar-refractivity contribution in [2.75, 3.05) is 12.3 Å². The van der Waals surface area contributed by atoms with E-state index in [0.29, 0.717) is 6.61 Å². The summed E-state index contributed by atoms with van der Waals surface area (Å²) in [6.45, 7) is 2.06. The number of benzene rings is 1. The van der Waals surface area contributed by atoms with Gasteiger partial charge in [0.1, 0.15) is 11.4 Å². The Morgan fingerprint density at radius 3 is 2.67 bits per heavy atom. The zero-order valence-electron chi connectivity index (χ0n) is 9.96. The molecule has 1 aromatic heterocycles. The zero-order valence-corrected chi connectivity index (χ0v) is 9.96. The second-order valence-corrected chi connectivity index (χ2v) is 3.41. The first-order valence-corrected chi connectivity index (χ1v) is 5.30. The van der Waals surface area contributed by atoms with E-state index in [0.717, 1.165) is 5.69 Å². The summed E-state index contributed by atoms with van der Waals surface area (Å²) in [5.74, 6) is -0.165. The molecule has 4 N–H and O–H groups in total. The van der Waals surface area contributed by atoms with Gasteiger partial charge in [-0.2, -0.15) is 5.10 Å². The normalized spacial score (nSPS) is 9.61. The SMILES string of the molecule is CCOC(=O)c1cnn(-c2ccccc2)c1N.O. The summed E-state index contributed by atoms with van der Waals surface area (Å²) in [5, 5.41) is 4.08. The standard InChI is InChI=1S/C12H13N3O2.H2O/c1-2-17-12(16)10-8-14-15(11(10)13)9-6-4-3-5-7-9;/h3-8H,2,13H2,1H3;1H2. The molecule has 18 heavy (non-hydrogen) atoms. The number of hydrogen-bond acceptors (Lipinski definition) is 4. The van der Waals surface area contributed by atoms with Gasteiger partial charge in [-0.25, -0.2) is 9.48 Å². The fourth-order valence-corrected chi connectivity index (χ4v) is 1.50. The maximum atomic E-state index is 11.6. The number of esters is 1. The van der Waals surface area contributed by atoms with Crippen LogP contribution in [0.5, 0.6) is 0 Å². The number of hydrogen-bond donors (Lipinski definition) is 1. The quantitative estimate of drug-likeness (QED) is 0.813. The number of nitrogens with zero attached hydrogens (tertiary/aromatic N) is 2. The average molecular weight is 249 g/mol. The Hall–Kier alpha value is -2.34. The maximum absolute atomic E-state index is 11.6. The van der Waals surface area contributed by atoms with Gasteiger partial charge in [0, 0.05) is 0 Å². The van der Waals surface area contributed by atoms with Gasteiger partial charge < -0.3 is 15.9 Å². The molecule has 0 unspecified atom stereocenters. The third-order valence-electron chi connectivity index (χ3n) is 2.30. The molecule has 0 fully saturated rings. The van der Waals surface area contributed by atoms with Crippen LogP contribution < -0.4 is 5.73 Å². The summed E-state index contributed by atoms with van der Waals surface area (Å²) in [6.07, 6.45) is 1.42. The lowest BCUT2D eigenvalue weighted by Gasteiger charge is -2.04. The lowest BCUT2D eigenvalue weighted by molar-refractivity contribution is 0.0527. The summed E-state index contributed by atoms with van der Waals surface area (Å²) in [7, 11) is 0. The van der Waals surface area contributed by atoms with E-state index in [9.17, 15) is 4.79 Å². The Labute approximate surface area is 104 Å². The Morgan fingerprint density at radius 1 is 1.39 bits per heavy atom. The van der Waals surface area contributed by atoms with E-state index in [1.54, 1.807) is 6.92 Å². The van der Waals surface area contributed by atoms with Crippen molar-refractivity contribution in [2.24, 2.45) is 0 Å². The first-order chi connectivity index (χ1) is 8.24. The van der Waals surface area contributed by atoms with Gasteiger partial charge in [-0.1, -0.05) is 18.2 Å². The molecule has 1 aromatic carbocycles. The van der Waals surface area contributed by atoms with Crippen molar-refractivity contribution in [3.63, 3.8) is 0 Å². The number of aromatic nitrogens is 2. The number of carbonyl (C=O) groups excluding carboxylic acids is 1. The molecule has 0 aliphatic carbocycles. The Morgan fingerprint density at radius 2 is 2.06 bits per heavy atom. The molecule has 0 amide bonds. The van der Waals surface area contributed by atoms with Gasteiger partial charge in [0.2, 0.25) is 0 Å². The van der Waals surface area contributed by atoms with Gasteiger partial charge in [-0.05, 0) is 19.1 Å². The van der Waals surface area contributed by atoms with Crippen molar-refractivity contribution in [1.82, 2.24) is 9.78 Å². The molecule has 0 bridgehead atoms. The minimum atomic E-state index is -0.452. The first kappa shape index (κ1) is 13.7. The zero-order chi connectivity index (χ0) is 12.3. The summed E-state index contributed by atoms with van der Waals surface area (Å²) >= 11 is 0. The van der Waals surface area contributed by atoms with Gasteiger partial charge in [0.05, 0.1) is 18.5 Å². The highest BCUT2D eigenvalue weighted by Gasteiger charge is 2.16. The van der Waals surface area contributed by atoms with Crippen LogP contribution in [0.4, 0.5) is 5.82 Å². The molecule has 0 atom stereocenters. The molecule has 0 aliphatic heterocycles. The monoisotopic (exact) mass is 249 g/mol. The van der Waals surface area contributed by atoms with Crippen LogP contribution in [0.15, 0.2) is 36.5 Å². The molecular formula is C12H15N3O3. The molecule has 0 aliphatic rings. The van der Waals surface area contributed by atoms with Crippen LogP contribution in [0.25, 0.3) is 5.69 Å². The Kier molecular flexibility index (Phi) is 4.45. The summed E-state index contributed by atoms with van der Waals surface area (Å²) < 4.78 is 6.39. The second kappa shape index (κ2) is 5.83. The van der Waals surface area contributed by atoms with Crippen LogP contribution in [0, 0.1) is 0 Å². The number of nitrogens with two attached hydrogens (primary N) is 1. The van der Waals surface area contributed by atoms with E-state index in [-0.39, 0.29) is 16.9 Å². The molecule has 2 aromatic rings. The van der Waals surface area contributed by atoms with Gasteiger partial charge in [0.25, 0.3) is 0 Å². The maximum Gasteiger partial charge on any atom is 0.343 e. The van der Waals surface area contributed by atoms with Crippen molar-refractivity contribution in [3.05, 3.63) is 42.1 Å². The van der Waals surface area contributed by atoms with Gasteiger partial charge in [-0.15, -0.1) is 0 Å². The number of rotatable bonds is 3. The predicted octanol–water partition coefficient (Wildman–Crippen LogP) is 0.806. The first-order valence-electron chi connectivity index (χ1n) is 5.30. The predicted molar refractivity (Wildman–Crippen MR) is 67.5 cm³/mol. The lowest BCUT2D eigenvalue weighted by atomic mass is 10.3. The van der Waals surface area contributed by atoms with E-state index in [2.05, 4.69) is 5.10 Å². The van der Waals surface area contributed by atoms with Crippen molar-refractivity contribution < 1.29 is 15.0 Å². The number of ether oxygens (including phenoxy) is 1. The number of carbonyl (C=O) groups is 1.